The van der Waals surface area contributed by atoms with E-state index < -0.39 is 6.04 Å². The molecule has 4 rings (SSSR count). The average molecular weight is 468 g/mol. The van der Waals surface area contributed by atoms with Crippen LogP contribution in [-0.2, 0) is 11.3 Å². The fourth-order valence-corrected chi connectivity index (χ4v) is 4.96. The summed E-state index contributed by atoms with van der Waals surface area (Å²) in [7, 11) is 0. The Morgan fingerprint density at radius 3 is 2.50 bits per heavy atom. The van der Waals surface area contributed by atoms with Crippen LogP contribution in [0.1, 0.15) is 59.1 Å². The van der Waals surface area contributed by atoms with Gasteiger partial charge in [-0.3, -0.25) is 14.6 Å². The molecule has 0 radical (unpaired) electrons. The Hall–Kier alpha value is -2.70. The summed E-state index contributed by atoms with van der Waals surface area (Å²) in [5.74, 6) is -0.446. The molecule has 7 heteroatoms. The topological polar surface area (TPSA) is 62.3 Å². The summed E-state index contributed by atoms with van der Waals surface area (Å²) >= 11 is 7.67. The second-order valence-electron chi connectivity index (χ2n) is 8.03. The molecule has 2 amide bonds. The minimum absolute atomic E-state index is 0.139. The molecule has 1 saturated carbocycles. The van der Waals surface area contributed by atoms with Gasteiger partial charge in [-0.15, -0.1) is 11.3 Å². The van der Waals surface area contributed by atoms with E-state index in [2.05, 4.69) is 10.3 Å². The average Bonchev–Trinajstić information content (AvgIpc) is 3.34. The first-order chi connectivity index (χ1) is 15.6. The number of halogens is 1. The van der Waals surface area contributed by atoms with Crippen LogP contribution in [0.5, 0.6) is 0 Å². The maximum absolute atomic E-state index is 13.6. The van der Waals surface area contributed by atoms with Crippen LogP contribution in [0.25, 0.3) is 0 Å². The molecule has 166 valence electrons. The number of thiophene rings is 1. The molecule has 3 aromatic rings. The molecule has 1 fully saturated rings. The zero-order chi connectivity index (χ0) is 22.3. The molecule has 2 heterocycles. The summed E-state index contributed by atoms with van der Waals surface area (Å²) in [5.41, 5.74) is 1.04. The molecule has 1 aromatic carbocycles. The molecule has 32 heavy (non-hydrogen) atoms. The van der Waals surface area contributed by atoms with E-state index in [1.165, 1.54) is 6.42 Å². The molecule has 0 aliphatic heterocycles. The van der Waals surface area contributed by atoms with E-state index in [1.54, 1.807) is 52.8 Å². The largest absolute Gasteiger partial charge is 0.351 e. The first-order valence-electron chi connectivity index (χ1n) is 10.9. The van der Waals surface area contributed by atoms with Crippen molar-refractivity contribution in [2.75, 3.05) is 0 Å². The van der Waals surface area contributed by atoms with Gasteiger partial charge in [0.15, 0.2) is 0 Å². The van der Waals surface area contributed by atoms with E-state index >= 15 is 0 Å². The second kappa shape index (κ2) is 10.7. The van der Waals surface area contributed by atoms with E-state index in [0.717, 1.165) is 36.1 Å². The summed E-state index contributed by atoms with van der Waals surface area (Å²) in [6.45, 7) is 0.318. The normalized spacial score (nSPS) is 15.2. The maximum Gasteiger partial charge on any atom is 0.273 e. The van der Waals surface area contributed by atoms with Gasteiger partial charge in [-0.25, -0.2) is 0 Å². The van der Waals surface area contributed by atoms with Crippen LogP contribution in [0.15, 0.2) is 66.2 Å². The Kier molecular flexibility index (Phi) is 7.55. The SMILES string of the molecule is O=C(NC1CCCCC1)[C@@H](c1ccc(Cl)cc1)N(Cc1cccs1)C(=O)c1ccccn1. The summed E-state index contributed by atoms with van der Waals surface area (Å²) in [6.07, 6.45) is 6.96. The number of carbonyl (C=O) groups is 2. The van der Waals surface area contributed by atoms with Crippen LogP contribution in [0.2, 0.25) is 5.02 Å². The Morgan fingerprint density at radius 1 is 1.06 bits per heavy atom. The highest BCUT2D eigenvalue weighted by Crippen LogP contribution is 2.29. The van der Waals surface area contributed by atoms with Gasteiger partial charge in [0.05, 0.1) is 6.54 Å². The first kappa shape index (κ1) is 22.5. The zero-order valence-corrected chi connectivity index (χ0v) is 19.3. The van der Waals surface area contributed by atoms with Crippen molar-refractivity contribution in [2.24, 2.45) is 0 Å². The first-order valence-corrected chi connectivity index (χ1v) is 12.2. The van der Waals surface area contributed by atoms with Gasteiger partial charge in [0.1, 0.15) is 11.7 Å². The van der Waals surface area contributed by atoms with Crippen molar-refractivity contribution >= 4 is 34.8 Å². The molecule has 0 spiro atoms. The van der Waals surface area contributed by atoms with Gasteiger partial charge < -0.3 is 10.2 Å². The zero-order valence-electron chi connectivity index (χ0n) is 17.7. The van der Waals surface area contributed by atoms with Crippen molar-refractivity contribution in [2.45, 2.75) is 50.7 Å². The second-order valence-corrected chi connectivity index (χ2v) is 9.49. The number of pyridine rings is 1. The molecule has 1 N–H and O–H groups in total. The van der Waals surface area contributed by atoms with E-state index in [1.807, 2.05) is 29.6 Å². The number of amides is 2. The predicted octanol–water partition coefficient (Wildman–Crippen LogP) is 5.63. The third-order valence-electron chi connectivity index (χ3n) is 5.75. The molecule has 2 aromatic heterocycles. The summed E-state index contributed by atoms with van der Waals surface area (Å²) < 4.78 is 0. The lowest BCUT2D eigenvalue weighted by molar-refractivity contribution is -0.127. The highest BCUT2D eigenvalue weighted by Gasteiger charge is 2.34. The highest BCUT2D eigenvalue weighted by molar-refractivity contribution is 7.09. The van der Waals surface area contributed by atoms with Crippen LogP contribution in [0.4, 0.5) is 0 Å². The van der Waals surface area contributed by atoms with Gasteiger partial charge >= 0.3 is 0 Å². The van der Waals surface area contributed by atoms with Gasteiger partial charge in [0.25, 0.3) is 5.91 Å². The molecule has 0 bridgehead atoms. The number of nitrogens with one attached hydrogen (secondary N) is 1. The van der Waals surface area contributed by atoms with Crippen molar-refractivity contribution in [3.8, 4) is 0 Å². The summed E-state index contributed by atoms with van der Waals surface area (Å²) in [5, 5.41) is 5.77. The minimum Gasteiger partial charge on any atom is -0.351 e. The van der Waals surface area contributed by atoms with Crippen LogP contribution in [0.3, 0.4) is 0 Å². The molecule has 1 atom stereocenters. The highest BCUT2D eigenvalue weighted by atomic mass is 35.5. The molecule has 5 nitrogen and oxygen atoms in total. The maximum atomic E-state index is 13.6. The smallest absolute Gasteiger partial charge is 0.273 e. The number of carbonyl (C=O) groups excluding carboxylic acids is 2. The van der Waals surface area contributed by atoms with Gasteiger partial charge in [-0.1, -0.05) is 55.1 Å². The van der Waals surface area contributed by atoms with Gasteiger partial charge in [-0.05, 0) is 54.1 Å². The lowest BCUT2D eigenvalue weighted by Gasteiger charge is -2.33. The van der Waals surface area contributed by atoms with E-state index in [-0.39, 0.29) is 17.9 Å². The Labute approximate surface area is 197 Å². The summed E-state index contributed by atoms with van der Waals surface area (Å²) in [4.78, 5) is 34.1. The quantitative estimate of drug-likeness (QED) is 0.489. The van der Waals surface area contributed by atoms with Crippen molar-refractivity contribution in [3.05, 3.63) is 87.3 Å². The van der Waals surface area contributed by atoms with E-state index in [9.17, 15) is 9.59 Å². The fraction of sp³-hybridized carbons (Fsp3) is 0.320. The van der Waals surface area contributed by atoms with E-state index in [0.29, 0.717) is 17.3 Å². The lowest BCUT2D eigenvalue weighted by Crippen LogP contribution is -2.47. The van der Waals surface area contributed by atoms with Crippen molar-refractivity contribution < 1.29 is 9.59 Å². The summed E-state index contributed by atoms with van der Waals surface area (Å²) in [6, 6.07) is 15.7. The lowest BCUT2D eigenvalue weighted by atomic mass is 9.94. The molecule has 1 aliphatic rings. The Morgan fingerprint density at radius 2 is 1.84 bits per heavy atom. The van der Waals surface area contributed by atoms with E-state index in [4.69, 9.17) is 11.6 Å². The van der Waals surface area contributed by atoms with Crippen molar-refractivity contribution in [3.63, 3.8) is 0 Å². The monoisotopic (exact) mass is 467 g/mol. The molecule has 1 aliphatic carbocycles. The standard InChI is InChI=1S/C25H26ClN3O2S/c26-19-13-11-18(12-14-19)23(24(30)28-20-7-2-1-3-8-20)29(17-21-9-6-16-32-21)25(31)22-10-4-5-15-27-22/h4-6,9-16,20,23H,1-3,7-8,17H2,(H,28,30)/t23-/m1/s1. The number of hydrogen-bond acceptors (Lipinski definition) is 4. The third kappa shape index (κ3) is 5.56. The molecular formula is C25H26ClN3O2S. The van der Waals surface area contributed by atoms with Crippen LogP contribution >= 0.6 is 22.9 Å². The molecular weight excluding hydrogens is 442 g/mol. The predicted molar refractivity (Wildman–Crippen MR) is 128 cm³/mol. The van der Waals surface area contributed by atoms with Crippen molar-refractivity contribution in [1.82, 2.24) is 15.2 Å². The minimum atomic E-state index is -0.786. The van der Waals surface area contributed by atoms with Crippen molar-refractivity contribution in [1.29, 1.82) is 0 Å². The number of rotatable bonds is 7. The third-order valence-corrected chi connectivity index (χ3v) is 6.86. The number of benzene rings is 1. The van der Waals surface area contributed by atoms with Gasteiger partial charge in [0.2, 0.25) is 5.91 Å². The number of aromatic nitrogens is 1. The molecule has 0 saturated heterocycles. The number of nitrogens with zero attached hydrogens (tertiary/aromatic N) is 2. The van der Waals surface area contributed by atoms with Crippen LogP contribution < -0.4 is 5.32 Å². The van der Waals surface area contributed by atoms with Crippen LogP contribution in [-0.4, -0.2) is 27.7 Å². The van der Waals surface area contributed by atoms with Gasteiger partial charge in [-0.2, -0.15) is 0 Å². The fourth-order valence-electron chi connectivity index (χ4n) is 4.13. The number of hydrogen-bond donors (Lipinski definition) is 1. The Balaban J connectivity index is 1.71. The van der Waals surface area contributed by atoms with Gasteiger partial charge in [0, 0.05) is 22.1 Å². The molecule has 0 unspecified atom stereocenters. The van der Waals surface area contributed by atoms with Crippen LogP contribution in [0, 0.1) is 0 Å². The Bertz CT molecular complexity index is 1020.